The quantitative estimate of drug-likeness (QED) is 0.618. The first kappa shape index (κ1) is 19.3. The molecule has 1 aromatic heterocycles. The summed E-state index contributed by atoms with van der Waals surface area (Å²) in [6.45, 7) is 4.95. The van der Waals surface area contributed by atoms with Gasteiger partial charge in [-0.15, -0.1) is 0 Å². The number of aromatic amines is 1. The number of rotatable bonds is 8. The molecule has 2 aromatic carbocycles. The molecule has 0 saturated carbocycles. The molecule has 152 valence electrons. The molecule has 0 spiro atoms. The molecule has 6 heteroatoms. The third-order valence-corrected chi connectivity index (χ3v) is 5.24. The smallest absolute Gasteiger partial charge is 0.234 e. The van der Waals surface area contributed by atoms with Gasteiger partial charge in [0.25, 0.3) is 0 Å². The highest BCUT2D eigenvalue weighted by Crippen LogP contribution is 2.31. The highest BCUT2D eigenvalue weighted by atomic mass is 16.6. The number of carbonyl (C=O) groups is 1. The lowest BCUT2D eigenvalue weighted by Crippen LogP contribution is -2.45. The Morgan fingerprint density at radius 3 is 2.83 bits per heavy atom. The van der Waals surface area contributed by atoms with E-state index in [4.69, 9.17) is 9.47 Å². The normalized spacial score (nSPS) is 15.6. The third-order valence-electron chi connectivity index (χ3n) is 5.24. The zero-order valence-electron chi connectivity index (χ0n) is 16.7. The number of hydrogen-bond donors (Lipinski definition) is 2. The number of nitrogens with one attached hydrogen (secondary N) is 2. The van der Waals surface area contributed by atoms with Crippen LogP contribution in [0.1, 0.15) is 12.5 Å². The zero-order valence-corrected chi connectivity index (χ0v) is 16.7. The van der Waals surface area contributed by atoms with E-state index in [2.05, 4.69) is 34.3 Å². The zero-order chi connectivity index (χ0) is 20.1. The molecule has 2 N–H and O–H groups in total. The van der Waals surface area contributed by atoms with Crippen LogP contribution in [-0.4, -0.2) is 54.7 Å². The summed E-state index contributed by atoms with van der Waals surface area (Å²) >= 11 is 0. The number of ether oxygens (including phenoxy) is 2. The summed E-state index contributed by atoms with van der Waals surface area (Å²) < 4.78 is 11.8. The van der Waals surface area contributed by atoms with E-state index in [1.54, 1.807) is 0 Å². The van der Waals surface area contributed by atoms with Gasteiger partial charge in [0.1, 0.15) is 12.7 Å². The van der Waals surface area contributed by atoms with Crippen LogP contribution in [0.2, 0.25) is 0 Å². The SMILES string of the molecule is CCN(CC(=O)NCCc1c[nH]c2ccccc12)CC1COc2ccccc2O1. The number of amides is 1. The summed E-state index contributed by atoms with van der Waals surface area (Å²) in [5.41, 5.74) is 2.35. The minimum atomic E-state index is -0.0797. The highest BCUT2D eigenvalue weighted by Gasteiger charge is 2.23. The van der Waals surface area contributed by atoms with Gasteiger partial charge in [-0.05, 0) is 36.7 Å². The van der Waals surface area contributed by atoms with Gasteiger partial charge in [-0.2, -0.15) is 0 Å². The number of carbonyl (C=O) groups excluding carboxylic acids is 1. The van der Waals surface area contributed by atoms with E-state index >= 15 is 0 Å². The Bertz CT molecular complexity index is 969. The maximum Gasteiger partial charge on any atom is 0.234 e. The number of H-pyrrole nitrogens is 1. The second-order valence-electron chi connectivity index (χ2n) is 7.28. The minimum Gasteiger partial charge on any atom is -0.486 e. The Morgan fingerprint density at radius 1 is 1.17 bits per heavy atom. The first-order chi connectivity index (χ1) is 14.2. The first-order valence-corrected chi connectivity index (χ1v) is 10.2. The number of benzene rings is 2. The molecule has 1 aliphatic rings. The Morgan fingerprint density at radius 2 is 1.97 bits per heavy atom. The average molecular weight is 393 g/mol. The third kappa shape index (κ3) is 4.71. The summed E-state index contributed by atoms with van der Waals surface area (Å²) in [6.07, 6.45) is 2.75. The predicted octanol–water partition coefficient (Wildman–Crippen LogP) is 2.99. The minimum absolute atomic E-state index is 0.0313. The predicted molar refractivity (Wildman–Crippen MR) is 113 cm³/mol. The molecule has 1 atom stereocenters. The van der Waals surface area contributed by atoms with Crippen molar-refractivity contribution in [3.63, 3.8) is 0 Å². The van der Waals surface area contributed by atoms with E-state index in [9.17, 15) is 4.79 Å². The lowest BCUT2D eigenvalue weighted by Gasteiger charge is -2.30. The van der Waals surface area contributed by atoms with Crippen molar-refractivity contribution in [3.05, 3.63) is 60.3 Å². The molecule has 1 unspecified atom stereocenters. The molecular weight excluding hydrogens is 366 g/mol. The van der Waals surface area contributed by atoms with Crippen molar-refractivity contribution >= 4 is 16.8 Å². The van der Waals surface area contributed by atoms with E-state index in [1.807, 2.05) is 42.6 Å². The van der Waals surface area contributed by atoms with E-state index in [-0.39, 0.29) is 12.0 Å². The molecule has 4 rings (SSSR count). The first-order valence-electron chi connectivity index (χ1n) is 10.2. The van der Waals surface area contributed by atoms with Crippen LogP contribution < -0.4 is 14.8 Å². The second kappa shape index (κ2) is 9.01. The maximum atomic E-state index is 12.4. The van der Waals surface area contributed by atoms with Crippen molar-refractivity contribution in [1.82, 2.24) is 15.2 Å². The summed E-state index contributed by atoms with van der Waals surface area (Å²) in [4.78, 5) is 17.8. The van der Waals surface area contributed by atoms with E-state index < -0.39 is 0 Å². The van der Waals surface area contributed by atoms with E-state index in [1.165, 1.54) is 10.9 Å². The van der Waals surface area contributed by atoms with Crippen molar-refractivity contribution in [2.75, 3.05) is 32.8 Å². The van der Waals surface area contributed by atoms with Crippen LogP contribution in [0.15, 0.2) is 54.7 Å². The summed E-state index contributed by atoms with van der Waals surface area (Å²) in [7, 11) is 0. The number of para-hydroxylation sites is 3. The van der Waals surface area contributed by atoms with E-state index in [0.717, 1.165) is 30.0 Å². The van der Waals surface area contributed by atoms with Gasteiger partial charge in [0.2, 0.25) is 5.91 Å². The number of hydrogen-bond acceptors (Lipinski definition) is 4. The van der Waals surface area contributed by atoms with Gasteiger partial charge in [0.05, 0.1) is 6.54 Å². The number of aromatic nitrogens is 1. The molecule has 1 aliphatic heterocycles. The van der Waals surface area contributed by atoms with Crippen LogP contribution in [0, 0.1) is 0 Å². The fraction of sp³-hybridized carbons (Fsp3) is 0.348. The molecular formula is C23H27N3O3. The van der Waals surface area contributed by atoms with Gasteiger partial charge < -0.3 is 19.8 Å². The van der Waals surface area contributed by atoms with Crippen LogP contribution in [-0.2, 0) is 11.2 Å². The van der Waals surface area contributed by atoms with Gasteiger partial charge in [-0.25, -0.2) is 0 Å². The lowest BCUT2D eigenvalue weighted by molar-refractivity contribution is -0.122. The fourth-order valence-electron chi connectivity index (χ4n) is 3.68. The van der Waals surface area contributed by atoms with Crippen LogP contribution in [0.4, 0.5) is 0 Å². The summed E-state index contributed by atoms with van der Waals surface area (Å²) in [5, 5.41) is 4.25. The summed E-state index contributed by atoms with van der Waals surface area (Å²) in [5.74, 6) is 1.58. The molecule has 0 fully saturated rings. The topological polar surface area (TPSA) is 66.6 Å². The van der Waals surface area contributed by atoms with Crippen molar-refractivity contribution in [1.29, 1.82) is 0 Å². The van der Waals surface area contributed by atoms with Crippen LogP contribution in [0.3, 0.4) is 0 Å². The number of likely N-dealkylation sites (N-methyl/N-ethyl adjacent to an activating group) is 1. The molecule has 0 saturated heterocycles. The summed E-state index contributed by atoms with van der Waals surface area (Å²) in [6, 6.07) is 15.9. The van der Waals surface area contributed by atoms with Crippen LogP contribution in [0.5, 0.6) is 11.5 Å². The lowest BCUT2D eigenvalue weighted by atomic mass is 10.1. The monoisotopic (exact) mass is 393 g/mol. The molecule has 29 heavy (non-hydrogen) atoms. The fourth-order valence-corrected chi connectivity index (χ4v) is 3.68. The molecule has 6 nitrogen and oxygen atoms in total. The Kier molecular flexibility index (Phi) is 6.00. The van der Waals surface area contributed by atoms with Gasteiger partial charge >= 0.3 is 0 Å². The van der Waals surface area contributed by atoms with Crippen LogP contribution in [0.25, 0.3) is 10.9 Å². The maximum absolute atomic E-state index is 12.4. The standard InChI is InChI=1S/C23H27N3O3/c1-2-26(14-18-16-28-21-9-5-6-10-22(21)29-18)15-23(27)24-12-11-17-13-25-20-8-4-3-7-19(17)20/h3-10,13,18,25H,2,11-12,14-16H2,1H3,(H,24,27). The molecule has 3 aromatic rings. The number of fused-ring (bicyclic) bond motifs is 2. The molecule has 0 radical (unpaired) electrons. The van der Waals surface area contributed by atoms with Gasteiger partial charge in [0, 0.05) is 30.2 Å². The average Bonchev–Trinajstić information content (AvgIpc) is 3.16. The Balaban J connectivity index is 1.24. The molecule has 0 bridgehead atoms. The Hall–Kier alpha value is -2.99. The Labute approximate surface area is 170 Å². The van der Waals surface area contributed by atoms with Gasteiger partial charge in [-0.1, -0.05) is 37.3 Å². The van der Waals surface area contributed by atoms with Crippen molar-refractivity contribution in [2.45, 2.75) is 19.4 Å². The van der Waals surface area contributed by atoms with Gasteiger partial charge in [0.15, 0.2) is 11.5 Å². The second-order valence-corrected chi connectivity index (χ2v) is 7.28. The molecule has 2 heterocycles. The van der Waals surface area contributed by atoms with Crippen LogP contribution >= 0.6 is 0 Å². The molecule has 0 aliphatic carbocycles. The largest absolute Gasteiger partial charge is 0.486 e. The number of nitrogens with zero attached hydrogens (tertiary/aromatic N) is 1. The van der Waals surface area contributed by atoms with Gasteiger partial charge in [-0.3, -0.25) is 9.69 Å². The van der Waals surface area contributed by atoms with E-state index in [0.29, 0.717) is 26.2 Å². The highest BCUT2D eigenvalue weighted by molar-refractivity contribution is 5.83. The molecule has 1 amide bonds. The van der Waals surface area contributed by atoms with Crippen molar-refractivity contribution in [3.8, 4) is 11.5 Å². The van der Waals surface area contributed by atoms with Crippen molar-refractivity contribution < 1.29 is 14.3 Å². The van der Waals surface area contributed by atoms with Crippen molar-refractivity contribution in [2.24, 2.45) is 0 Å².